The summed E-state index contributed by atoms with van der Waals surface area (Å²) in [5.74, 6) is 1.39. The van der Waals surface area contributed by atoms with E-state index in [1.54, 1.807) is 0 Å². The normalized spacial score (nSPS) is 17.4. The Balaban J connectivity index is 1.79. The summed E-state index contributed by atoms with van der Waals surface area (Å²) in [5, 5.41) is 7.02. The predicted molar refractivity (Wildman–Crippen MR) is 88.3 cm³/mol. The molecule has 0 aliphatic carbocycles. The molecule has 1 N–H and O–H groups in total. The minimum absolute atomic E-state index is 0.0870. The Morgan fingerprint density at radius 1 is 1.30 bits per heavy atom. The standard InChI is InChI=1S/C17H29N3O3/c1-12(2)16(20-7-9-22-10-8-20)11-18-17(21)6-5-15-13(3)19-23-14(15)4/h12,16H,5-11H2,1-4H3,(H,18,21)/t16-/m1/s1. The maximum atomic E-state index is 12.2. The number of nitrogens with zero attached hydrogens (tertiary/aromatic N) is 2. The van der Waals surface area contributed by atoms with Crippen molar-refractivity contribution in [3.05, 3.63) is 17.0 Å². The second-order valence-electron chi connectivity index (χ2n) is 6.57. The molecule has 0 aromatic carbocycles. The first-order valence-corrected chi connectivity index (χ1v) is 8.49. The molecule has 1 saturated heterocycles. The molecule has 23 heavy (non-hydrogen) atoms. The molecule has 1 fully saturated rings. The first-order valence-electron chi connectivity index (χ1n) is 8.49. The molecule has 1 aliphatic heterocycles. The van der Waals surface area contributed by atoms with Crippen LogP contribution >= 0.6 is 0 Å². The number of morpholine rings is 1. The first-order chi connectivity index (χ1) is 11.0. The predicted octanol–water partition coefficient (Wildman–Crippen LogP) is 1.70. The van der Waals surface area contributed by atoms with E-state index in [0.29, 0.717) is 31.3 Å². The van der Waals surface area contributed by atoms with Gasteiger partial charge in [0.15, 0.2) is 0 Å². The number of aromatic nitrogens is 1. The minimum atomic E-state index is 0.0870. The molecule has 0 spiro atoms. The third-order valence-electron chi connectivity index (χ3n) is 4.58. The number of ether oxygens (including phenoxy) is 1. The van der Waals surface area contributed by atoms with Crippen molar-refractivity contribution in [1.29, 1.82) is 0 Å². The maximum Gasteiger partial charge on any atom is 0.220 e. The van der Waals surface area contributed by atoms with Crippen molar-refractivity contribution >= 4 is 5.91 Å². The molecule has 1 atom stereocenters. The highest BCUT2D eigenvalue weighted by Crippen LogP contribution is 2.15. The second kappa shape index (κ2) is 8.45. The molecule has 1 aromatic rings. The Morgan fingerprint density at radius 2 is 2.00 bits per heavy atom. The van der Waals surface area contributed by atoms with E-state index in [1.807, 2.05) is 13.8 Å². The number of rotatable bonds is 7. The lowest BCUT2D eigenvalue weighted by Gasteiger charge is -2.36. The number of hydrogen-bond donors (Lipinski definition) is 1. The number of amides is 1. The molecule has 6 nitrogen and oxygen atoms in total. The number of carbonyl (C=O) groups excluding carboxylic acids is 1. The minimum Gasteiger partial charge on any atom is -0.379 e. The van der Waals surface area contributed by atoms with Crippen molar-refractivity contribution in [2.45, 2.75) is 46.6 Å². The Morgan fingerprint density at radius 3 is 2.57 bits per heavy atom. The number of nitrogens with one attached hydrogen (secondary N) is 1. The van der Waals surface area contributed by atoms with E-state index in [-0.39, 0.29) is 5.91 Å². The zero-order valence-corrected chi connectivity index (χ0v) is 14.7. The lowest BCUT2D eigenvalue weighted by Crippen LogP contribution is -2.51. The van der Waals surface area contributed by atoms with Crippen molar-refractivity contribution < 1.29 is 14.1 Å². The first kappa shape index (κ1) is 17.9. The maximum absolute atomic E-state index is 12.2. The van der Waals surface area contributed by atoms with Crippen LogP contribution in [0.15, 0.2) is 4.52 Å². The van der Waals surface area contributed by atoms with Crippen LogP contribution in [0.3, 0.4) is 0 Å². The Hall–Kier alpha value is -1.40. The van der Waals surface area contributed by atoms with E-state index < -0.39 is 0 Å². The van der Waals surface area contributed by atoms with Gasteiger partial charge in [-0.2, -0.15) is 0 Å². The van der Waals surface area contributed by atoms with Gasteiger partial charge in [-0.25, -0.2) is 0 Å². The molecule has 1 aromatic heterocycles. The summed E-state index contributed by atoms with van der Waals surface area (Å²) in [7, 11) is 0. The molecule has 6 heteroatoms. The molecule has 0 radical (unpaired) electrons. The number of aryl methyl sites for hydroxylation is 2. The summed E-state index contributed by atoms with van der Waals surface area (Å²) >= 11 is 0. The largest absolute Gasteiger partial charge is 0.379 e. The van der Waals surface area contributed by atoms with Crippen LogP contribution in [0.2, 0.25) is 0 Å². The van der Waals surface area contributed by atoms with Crippen LogP contribution in [0.1, 0.15) is 37.3 Å². The summed E-state index contributed by atoms with van der Waals surface area (Å²) in [4.78, 5) is 14.6. The van der Waals surface area contributed by atoms with Gasteiger partial charge in [0.2, 0.25) is 5.91 Å². The van der Waals surface area contributed by atoms with Gasteiger partial charge >= 0.3 is 0 Å². The topological polar surface area (TPSA) is 67.6 Å². The fourth-order valence-corrected chi connectivity index (χ4v) is 3.10. The van der Waals surface area contributed by atoms with Crippen molar-refractivity contribution in [3.63, 3.8) is 0 Å². The Labute approximate surface area is 138 Å². The smallest absolute Gasteiger partial charge is 0.220 e. The lowest BCUT2D eigenvalue weighted by atomic mass is 10.0. The van der Waals surface area contributed by atoms with Crippen LogP contribution in [-0.4, -0.2) is 54.9 Å². The summed E-state index contributed by atoms with van der Waals surface area (Å²) in [6.07, 6.45) is 1.15. The highest BCUT2D eigenvalue weighted by Gasteiger charge is 2.24. The highest BCUT2D eigenvalue weighted by atomic mass is 16.5. The zero-order chi connectivity index (χ0) is 16.8. The van der Waals surface area contributed by atoms with Crippen LogP contribution in [0.4, 0.5) is 0 Å². The molecule has 1 amide bonds. The average molecular weight is 323 g/mol. The average Bonchev–Trinajstić information content (AvgIpc) is 2.85. The van der Waals surface area contributed by atoms with Crippen molar-refractivity contribution in [1.82, 2.24) is 15.4 Å². The summed E-state index contributed by atoms with van der Waals surface area (Å²) < 4.78 is 10.6. The molecular weight excluding hydrogens is 294 g/mol. The molecule has 2 heterocycles. The van der Waals surface area contributed by atoms with Gasteiger partial charge in [0.25, 0.3) is 0 Å². The quantitative estimate of drug-likeness (QED) is 0.827. The zero-order valence-electron chi connectivity index (χ0n) is 14.7. The third kappa shape index (κ3) is 5.04. The van der Waals surface area contributed by atoms with Crippen molar-refractivity contribution in [3.8, 4) is 0 Å². The molecular formula is C17H29N3O3. The van der Waals surface area contributed by atoms with Crippen LogP contribution in [0.25, 0.3) is 0 Å². The van der Waals surface area contributed by atoms with Crippen LogP contribution in [0.5, 0.6) is 0 Å². The van der Waals surface area contributed by atoms with Crippen LogP contribution < -0.4 is 5.32 Å². The van der Waals surface area contributed by atoms with Crippen molar-refractivity contribution in [2.24, 2.45) is 5.92 Å². The summed E-state index contributed by atoms with van der Waals surface area (Å²) in [6.45, 7) is 12.4. The van der Waals surface area contributed by atoms with Gasteiger partial charge in [0.05, 0.1) is 18.9 Å². The Bertz CT molecular complexity index is 488. The fraction of sp³-hybridized carbons (Fsp3) is 0.765. The number of carbonyl (C=O) groups is 1. The van der Waals surface area contributed by atoms with Gasteiger partial charge in [0, 0.05) is 37.7 Å². The van der Waals surface area contributed by atoms with Crippen LogP contribution in [-0.2, 0) is 16.0 Å². The molecule has 1 aliphatic rings. The molecule has 0 saturated carbocycles. The number of hydrogen-bond acceptors (Lipinski definition) is 5. The summed E-state index contributed by atoms with van der Waals surface area (Å²) in [5.41, 5.74) is 1.93. The monoisotopic (exact) mass is 323 g/mol. The van der Waals surface area contributed by atoms with Gasteiger partial charge in [-0.1, -0.05) is 19.0 Å². The van der Waals surface area contributed by atoms with Gasteiger partial charge in [0.1, 0.15) is 5.76 Å². The van der Waals surface area contributed by atoms with Gasteiger partial charge in [-0.05, 0) is 26.2 Å². The van der Waals surface area contributed by atoms with Crippen molar-refractivity contribution in [2.75, 3.05) is 32.8 Å². The molecule has 0 unspecified atom stereocenters. The summed E-state index contributed by atoms with van der Waals surface area (Å²) in [6, 6.07) is 0.363. The second-order valence-corrected chi connectivity index (χ2v) is 6.57. The van der Waals surface area contributed by atoms with E-state index >= 15 is 0 Å². The molecule has 0 bridgehead atoms. The molecule has 130 valence electrons. The highest BCUT2D eigenvalue weighted by molar-refractivity contribution is 5.76. The van der Waals surface area contributed by atoms with Gasteiger partial charge in [-0.3, -0.25) is 9.69 Å². The van der Waals surface area contributed by atoms with Gasteiger partial charge in [-0.15, -0.1) is 0 Å². The van der Waals surface area contributed by atoms with E-state index in [0.717, 1.165) is 43.3 Å². The van der Waals surface area contributed by atoms with E-state index in [2.05, 4.69) is 29.2 Å². The third-order valence-corrected chi connectivity index (χ3v) is 4.58. The molecule has 2 rings (SSSR count). The Kier molecular flexibility index (Phi) is 6.59. The van der Waals surface area contributed by atoms with Gasteiger partial charge < -0.3 is 14.6 Å². The van der Waals surface area contributed by atoms with E-state index in [4.69, 9.17) is 9.26 Å². The SMILES string of the molecule is Cc1noc(C)c1CCC(=O)NC[C@H](C(C)C)N1CCOCC1. The fourth-order valence-electron chi connectivity index (χ4n) is 3.10. The van der Waals surface area contributed by atoms with E-state index in [1.165, 1.54) is 0 Å². The van der Waals surface area contributed by atoms with E-state index in [9.17, 15) is 4.79 Å². The lowest BCUT2D eigenvalue weighted by molar-refractivity contribution is -0.121. The van der Waals surface area contributed by atoms with Crippen LogP contribution in [0, 0.1) is 19.8 Å².